The summed E-state index contributed by atoms with van der Waals surface area (Å²) < 4.78 is 5.25. The molecule has 5 nitrogen and oxygen atoms in total. The molecule has 0 spiro atoms. The van der Waals surface area contributed by atoms with Gasteiger partial charge in [-0.05, 0) is 27.8 Å². The van der Waals surface area contributed by atoms with E-state index in [9.17, 15) is 14.7 Å². The van der Waals surface area contributed by atoms with Crippen LogP contribution < -0.4 is 0 Å². The van der Waals surface area contributed by atoms with Crippen LogP contribution in [0.1, 0.15) is 37.6 Å². The van der Waals surface area contributed by atoms with Crippen LogP contribution in [0.15, 0.2) is 30.3 Å². The summed E-state index contributed by atoms with van der Waals surface area (Å²) in [4.78, 5) is 25.7. The Morgan fingerprint density at radius 3 is 2.32 bits per heavy atom. The molecule has 1 aromatic rings. The molecule has 22 heavy (non-hydrogen) atoms. The second-order valence-electron chi connectivity index (χ2n) is 6.33. The number of Topliss-reactive ketones (excluding diaryl/α,β-unsaturated/α-hetero) is 1. The fourth-order valence-electron chi connectivity index (χ4n) is 2.01. The Morgan fingerprint density at radius 2 is 1.82 bits per heavy atom. The largest absolute Gasteiger partial charge is 0.460 e. The number of esters is 1. The van der Waals surface area contributed by atoms with E-state index in [0.29, 0.717) is 5.56 Å². The highest BCUT2D eigenvalue weighted by Gasteiger charge is 2.24. The lowest BCUT2D eigenvalue weighted by Gasteiger charge is -2.27. The maximum absolute atomic E-state index is 12.2. The van der Waals surface area contributed by atoms with Crippen LogP contribution in [0.25, 0.3) is 0 Å². The lowest BCUT2D eigenvalue weighted by atomic mass is 10.1. The lowest BCUT2D eigenvalue weighted by Crippen LogP contribution is -2.41. The number of aliphatic hydroxyl groups excluding tert-OH is 1. The molecule has 0 bridgehead atoms. The van der Waals surface area contributed by atoms with Crippen LogP contribution in [-0.2, 0) is 9.53 Å². The summed E-state index contributed by atoms with van der Waals surface area (Å²) in [7, 11) is 1.71. The first-order valence-corrected chi connectivity index (χ1v) is 7.34. The summed E-state index contributed by atoms with van der Waals surface area (Å²) in [6.45, 7) is 5.31. The van der Waals surface area contributed by atoms with Crippen molar-refractivity contribution in [3.05, 3.63) is 35.9 Å². The molecule has 0 aromatic heterocycles. The fraction of sp³-hybridized carbons (Fsp3) is 0.529. The van der Waals surface area contributed by atoms with E-state index < -0.39 is 11.6 Å². The molecule has 0 saturated carbocycles. The maximum Gasteiger partial charge on any atom is 0.307 e. The number of rotatable bonds is 7. The van der Waals surface area contributed by atoms with Gasteiger partial charge in [-0.15, -0.1) is 0 Å². The number of hydrogen-bond donors (Lipinski definition) is 1. The van der Waals surface area contributed by atoms with Crippen molar-refractivity contribution in [3.8, 4) is 0 Å². The Kier molecular flexibility index (Phi) is 6.71. The van der Waals surface area contributed by atoms with Crippen molar-refractivity contribution in [2.24, 2.45) is 0 Å². The van der Waals surface area contributed by atoms with Gasteiger partial charge in [-0.25, -0.2) is 0 Å². The predicted molar refractivity (Wildman–Crippen MR) is 84.7 cm³/mol. The van der Waals surface area contributed by atoms with Gasteiger partial charge in [-0.3, -0.25) is 14.5 Å². The smallest absolute Gasteiger partial charge is 0.307 e. The number of aliphatic hydroxyl groups is 1. The summed E-state index contributed by atoms with van der Waals surface area (Å²) >= 11 is 0. The summed E-state index contributed by atoms with van der Waals surface area (Å²) in [5.41, 5.74) is 0.0542. The Morgan fingerprint density at radius 1 is 1.23 bits per heavy atom. The van der Waals surface area contributed by atoms with Gasteiger partial charge in [0, 0.05) is 11.6 Å². The van der Waals surface area contributed by atoms with Crippen molar-refractivity contribution in [3.63, 3.8) is 0 Å². The maximum atomic E-state index is 12.2. The monoisotopic (exact) mass is 307 g/mol. The first kappa shape index (κ1) is 18.3. The lowest BCUT2D eigenvalue weighted by molar-refractivity contribution is -0.156. The fourth-order valence-corrected chi connectivity index (χ4v) is 2.01. The summed E-state index contributed by atoms with van der Waals surface area (Å²) in [5.74, 6) is -0.434. The zero-order valence-electron chi connectivity index (χ0n) is 13.7. The van der Waals surface area contributed by atoms with E-state index in [1.807, 2.05) is 6.07 Å². The average molecular weight is 307 g/mol. The molecule has 122 valence electrons. The average Bonchev–Trinajstić information content (AvgIpc) is 2.43. The van der Waals surface area contributed by atoms with Gasteiger partial charge in [-0.2, -0.15) is 0 Å². The third-order valence-electron chi connectivity index (χ3n) is 3.15. The number of carbonyl (C=O) groups is 2. The number of hydrogen-bond acceptors (Lipinski definition) is 5. The zero-order valence-corrected chi connectivity index (χ0v) is 13.7. The highest BCUT2D eigenvalue weighted by molar-refractivity contribution is 5.97. The highest BCUT2D eigenvalue weighted by Crippen LogP contribution is 2.12. The number of carbonyl (C=O) groups excluding carboxylic acids is 2. The van der Waals surface area contributed by atoms with E-state index in [1.54, 1.807) is 57.0 Å². The van der Waals surface area contributed by atoms with Gasteiger partial charge in [0.2, 0.25) is 0 Å². The SMILES string of the molecule is CN(CC(=O)c1ccccc1)[C@H](CO)CC(=O)OC(C)(C)C. The van der Waals surface area contributed by atoms with Gasteiger partial charge in [-0.1, -0.05) is 30.3 Å². The molecule has 0 amide bonds. The molecule has 0 unspecified atom stereocenters. The first-order chi connectivity index (χ1) is 10.2. The van der Waals surface area contributed by atoms with Crippen molar-refractivity contribution >= 4 is 11.8 Å². The molecule has 0 aliphatic rings. The quantitative estimate of drug-likeness (QED) is 0.615. The Hall–Kier alpha value is -1.72. The Labute approximate surface area is 131 Å². The van der Waals surface area contributed by atoms with Crippen LogP contribution >= 0.6 is 0 Å². The van der Waals surface area contributed by atoms with Gasteiger partial charge in [0.05, 0.1) is 19.6 Å². The van der Waals surface area contributed by atoms with Gasteiger partial charge < -0.3 is 9.84 Å². The van der Waals surface area contributed by atoms with Crippen molar-refractivity contribution < 1.29 is 19.4 Å². The van der Waals surface area contributed by atoms with E-state index in [1.165, 1.54) is 0 Å². The number of benzene rings is 1. The van der Waals surface area contributed by atoms with Gasteiger partial charge in [0.1, 0.15) is 5.60 Å². The van der Waals surface area contributed by atoms with Gasteiger partial charge >= 0.3 is 5.97 Å². The molecule has 0 fully saturated rings. The topological polar surface area (TPSA) is 66.8 Å². The standard InChI is InChI=1S/C17H25NO4/c1-17(2,3)22-16(21)10-14(12-19)18(4)11-15(20)13-8-6-5-7-9-13/h5-9,14,19H,10-12H2,1-4H3/t14-/m0/s1. The van der Waals surface area contributed by atoms with E-state index in [4.69, 9.17) is 4.74 Å². The van der Waals surface area contributed by atoms with Crippen LogP contribution in [0.5, 0.6) is 0 Å². The predicted octanol–water partition coefficient (Wildman–Crippen LogP) is 1.89. The molecular weight excluding hydrogens is 282 g/mol. The molecule has 0 radical (unpaired) electrons. The molecule has 1 atom stereocenters. The summed E-state index contributed by atoms with van der Waals surface area (Å²) in [6, 6.07) is 8.51. The third-order valence-corrected chi connectivity index (χ3v) is 3.15. The number of ether oxygens (including phenoxy) is 1. The zero-order chi connectivity index (χ0) is 16.8. The summed E-state index contributed by atoms with van der Waals surface area (Å²) in [5, 5.41) is 9.47. The third kappa shape index (κ3) is 6.37. The van der Waals surface area contributed by atoms with E-state index >= 15 is 0 Å². The molecular formula is C17H25NO4. The van der Waals surface area contributed by atoms with Crippen LogP contribution in [0.4, 0.5) is 0 Å². The highest BCUT2D eigenvalue weighted by atomic mass is 16.6. The summed E-state index contributed by atoms with van der Waals surface area (Å²) in [6.07, 6.45) is 0.0480. The molecule has 5 heteroatoms. The van der Waals surface area contributed by atoms with Crippen LogP contribution in [0, 0.1) is 0 Å². The molecule has 1 rings (SSSR count). The number of likely N-dealkylation sites (N-methyl/N-ethyl adjacent to an activating group) is 1. The second-order valence-corrected chi connectivity index (χ2v) is 6.33. The molecule has 1 aromatic carbocycles. The minimum atomic E-state index is -0.560. The van der Waals surface area contributed by atoms with Crippen molar-refractivity contribution in [2.45, 2.75) is 38.8 Å². The van der Waals surface area contributed by atoms with Crippen molar-refractivity contribution in [1.29, 1.82) is 0 Å². The van der Waals surface area contributed by atoms with E-state index in [-0.39, 0.29) is 31.3 Å². The first-order valence-electron chi connectivity index (χ1n) is 7.34. The van der Waals surface area contributed by atoms with Crippen LogP contribution in [0.3, 0.4) is 0 Å². The minimum Gasteiger partial charge on any atom is -0.460 e. The Bertz CT molecular complexity index is 493. The van der Waals surface area contributed by atoms with Gasteiger partial charge in [0.25, 0.3) is 0 Å². The Balaban J connectivity index is 2.59. The number of nitrogens with zero attached hydrogens (tertiary/aromatic N) is 1. The molecule has 0 heterocycles. The van der Waals surface area contributed by atoms with Crippen LogP contribution in [0.2, 0.25) is 0 Å². The van der Waals surface area contributed by atoms with Crippen LogP contribution in [-0.4, -0.2) is 53.6 Å². The number of ketones is 1. The molecule has 0 saturated heterocycles. The second kappa shape index (κ2) is 8.06. The van der Waals surface area contributed by atoms with E-state index in [0.717, 1.165) is 0 Å². The normalized spacial score (nSPS) is 13.0. The molecule has 0 aliphatic carbocycles. The van der Waals surface area contributed by atoms with E-state index in [2.05, 4.69) is 0 Å². The minimum absolute atomic E-state index is 0.0480. The molecule has 0 aliphatic heterocycles. The van der Waals surface area contributed by atoms with Gasteiger partial charge in [0.15, 0.2) is 5.78 Å². The van der Waals surface area contributed by atoms with Crippen molar-refractivity contribution in [1.82, 2.24) is 4.90 Å². The molecule has 1 N–H and O–H groups in total. The van der Waals surface area contributed by atoms with Crippen molar-refractivity contribution in [2.75, 3.05) is 20.2 Å².